The highest BCUT2D eigenvalue weighted by atomic mass is 31.2. The number of aromatic nitrogens is 2. The van der Waals surface area contributed by atoms with Crippen molar-refractivity contribution in [3.8, 4) is 0 Å². The average molecular weight is 474 g/mol. The van der Waals surface area contributed by atoms with Crippen molar-refractivity contribution in [3.63, 3.8) is 0 Å². The second-order valence-electron chi connectivity index (χ2n) is 8.85. The normalized spacial score (nSPS) is 30.1. The maximum Gasteiger partial charge on any atom is 0.475 e. The molecule has 12 heteroatoms. The molecule has 1 aromatic heterocycles. The standard InChI is InChI=1S/C20H31N2O9P/c1-6-13(17(24)29-12(2)3)8-10-27-32(26)28-11-14-16(31-32)20(4,5)18(30-14)22-9-7-15(23)21-19(22)25/h7,9,12-14,16,18H,6,8,10-11H2,1-5H3,(H,21,23,25)/t13?,14-,16-,18-,32+/m1/s1. The van der Waals surface area contributed by atoms with Gasteiger partial charge in [0.2, 0.25) is 0 Å². The van der Waals surface area contributed by atoms with Crippen LogP contribution in [0.25, 0.3) is 0 Å². The quantitative estimate of drug-likeness (QED) is 0.445. The molecule has 1 unspecified atom stereocenters. The molecule has 2 aliphatic rings. The van der Waals surface area contributed by atoms with E-state index in [1.54, 1.807) is 13.8 Å². The first-order valence-corrected chi connectivity index (χ1v) is 12.2. The number of phosphoric acid groups is 1. The molecule has 0 saturated carbocycles. The number of hydrogen-bond acceptors (Lipinski definition) is 9. The van der Waals surface area contributed by atoms with Crippen molar-refractivity contribution in [2.24, 2.45) is 11.3 Å². The van der Waals surface area contributed by atoms with Crippen molar-refractivity contribution < 1.29 is 32.4 Å². The van der Waals surface area contributed by atoms with Crippen LogP contribution in [0.15, 0.2) is 21.9 Å². The molecule has 0 radical (unpaired) electrons. The monoisotopic (exact) mass is 474 g/mol. The summed E-state index contributed by atoms with van der Waals surface area (Å²) in [5.74, 6) is -0.710. The molecule has 32 heavy (non-hydrogen) atoms. The van der Waals surface area contributed by atoms with Crippen LogP contribution in [0, 0.1) is 11.3 Å². The summed E-state index contributed by atoms with van der Waals surface area (Å²) in [6.07, 6.45) is -0.0343. The summed E-state index contributed by atoms with van der Waals surface area (Å²) in [7, 11) is -3.90. The van der Waals surface area contributed by atoms with E-state index in [-0.39, 0.29) is 31.2 Å². The first-order valence-electron chi connectivity index (χ1n) is 10.7. The van der Waals surface area contributed by atoms with Gasteiger partial charge in [0.05, 0.1) is 25.2 Å². The Bertz CT molecular complexity index is 986. The highest BCUT2D eigenvalue weighted by molar-refractivity contribution is 7.48. The lowest BCUT2D eigenvalue weighted by Gasteiger charge is -2.36. The molecule has 0 aromatic carbocycles. The fraction of sp³-hybridized carbons (Fsp3) is 0.750. The molecule has 180 valence electrons. The van der Waals surface area contributed by atoms with Gasteiger partial charge in [-0.1, -0.05) is 20.8 Å². The first-order chi connectivity index (χ1) is 15.0. The Morgan fingerprint density at radius 2 is 2.09 bits per heavy atom. The molecule has 0 spiro atoms. The number of nitrogens with one attached hydrogen (secondary N) is 1. The van der Waals surface area contributed by atoms with Crippen molar-refractivity contribution in [1.82, 2.24) is 9.55 Å². The van der Waals surface area contributed by atoms with Crippen LogP contribution in [0.5, 0.6) is 0 Å². The van der Waals surface area contributed by atoms with Crippen molar-refractivity contribution >= 4 is 13.8 Å². The fourth-order valence-electron chi connectivity index (χ4n) is 3.92. The largest absolute Gasteiger partial charge is 0.475 e. The summed E-state index contributed by atoms with van der Waals surface area (Å²) in [4.78, 5) is 37.9. The summed E-state index contributed by atoms with van der Waals surface area (Å²) in [6, 6.07) is 1.22. The molecule has 3 rings (SSSR count). The van der Waals surface area contributed by atoms with Crippen LogP contribution < -0.4 is 11.2 Å². The highest BCUT2D eigenvalue weighted by Gasteiger charge is 2.58. The molecule has 3 heterocycles. The molecule has 0 amide bonds. The number of hydrogen-bond donors (Lipinski definition) is 1. The first kappa shape index (κ1) is 24.9. The van der Waals surface area contributed by atoms with Crippen molar-refractivity contribution in [2.75, 3.05) is 13.2 Å². The maximum atomic E-state index is 13.1. The Kier molecular flexibility index (Phi) is 7.46. The predicted octanol–water partition coefficient (Wildman–Crippen LogP) is 2.37. The van der Waals surface area contributed by atoms with Crippen LogP contribution in [-0.2, 0) is 32.4 Å². The van der Waals surface area contributed by atoms with Gasteiger partial charge >= 0.3 is 19.5 Å². The second-order valence-corrected chi connectivity index (χ2v) is 10.5. The van der Waals surface area contributed by atoms with Gasteiger partial charge in [0, 0.05) is 17.7 Å². The van der Waals surface area contributed by atoms with Crippen molar-refractivity contribution in [1.29, 1.82) is 0 Å². The smallest absolute Gasteiger partial charge is 0.463 e. The van der Waals surface area contributed by atoms with Gasteiger partial charge < -0.3 is 9.47 Å². The number of H-pyrrole nitrogens is 1. The van der Waals surface area contributed by atoms with Crippen molar-refractivity contribution in [3.05, 3.63) is 33.1 Å². The number of fused-ring (bicyclic) bond motifs is 1. The average Bonchev–Trinajstić information content (AvgIpc) is 2.95. The molecule has 0 aliphatic carbocycles. The van der Waals surface area contributed by atoms with Gasteiger partial charge in [0.1, 0.15) is 18.4 Å². The Morgan fingerprint density at radius 3 is 2.72 bits per heavy atom. The molecular formula is C20H31N2O9P. The van der Waals surface area contributed by atoms with E-state index in [0.717, 1.165) is 0 Å². The zero-order valence-electron chi connectivity index (χ0n) is 18.9. The van der Waals surface area contributed by atoms with E-state index in [0.29, 0.717) is 12.8 Å². The van der Waals surface area contributed by atoms with Crippen LogP contribution in [0.4, 0.5) is 0 Å². The number of esters is 1. The number of ether oxygens (including phenoxy) is 2. The van der Waals surface area contributed by atoms with Gasteiger partial charge in [-0.2, -0.15) is 0 Å². The van der Waals surface area contributed by atoms with E-state index >= 15 is 0 Å². The lowest BCUT2D eigenvalue weighted by molar-refractivity contribution is -0.153. The third-order valence-electron chi connectivity index (χ3n) is 5.65. The number of aromatic amines is 1. The molecular weight excluding hydrogens is 443 g/mol. The summed E-state index contributed by atoms with van der Waals surface area (Å²) in [6.45, 7) is 8.98. The fourth-order valence-corrected chi connectivity index (χ4v) is 5.46. The van der Waals surface area contributed by atoms with Gasteiger partial charge in [-0.3, -0.25) is 32.7 Å². The number of phosphoric ester groups is 1. The number of nitrogens with zero attached hydrogens (tertiary/aromatic N) is 1. The molecule has 0 bridgehead atoms. The van der Waals surface area contributed by atoms with Crippen molar-refractivity contribution in [2.45, 2.75) is 72.0 Å². The van der Waals surface area contributed by atoms with E-state index < -0.39 is 42.9 Å². The topological polar surface area (TPSA) is 135 Å². The Labute approximate surface area is 186 Å². The van der Waals surface area contributed by atoms with Gasteiger partial charge in [0.15, 0.2) is 0 Å². The molecule has 2 saturated heterocycles. The second kappa shape index (κ2) is 9.61. The van der Waals surface area contributed by atoms with Crippen LogP contribution in [-0.4, -0.2) is 47.0 Å². The summed E-state index contributed by atoms with van der Waals surface area (Å²) in [5.41, 5.74) is -1.92. The predicted molar refractivity (Wildman–Crippen MR) is 113 cm³/mol. The molecule has 1 N–H and O–H groups in total. The number of carbonyl (C=O) groups is 1. The van der Waals surface area contributed by atoms with Gasteiger partial charge in [-0.25, -0.2) is 9.36 Å². The summed E-state index contributed by atoms with van der Waals surface area (Å²) >= 11 is 0. The Morgan fingerprint density at radius 1 is 1.38 bits per heavy atom. The molecule has 1 aromatic rings. The zero-order valence-corrected chi connectivity index (χ0v) is 19.8. The molecule has 11 nitrogen and oxygen atoms in total. The Hall–Kier alpha value is -1.78. The molecule has 2 aliphatic heterocycles. The Balaban J connectivity index is 1.66. The van der Waals surface area contributed by atoms with Crippen LogP contribution >= 0.6 is 7.82 Å². The third-order valence-corrected chi connectivity index (χ3v) is 7.10. The zero-order chi connectivity index (χ0) is 23.7. The van der Waals surface area contributed by atoms with Gasteiger partial charge in [-0.05, 0) is 26.7 Å². The van der Waals surface area contributed by atoms with Gasteiger partial charge in [-0.15, -0.1) is 0 Å². The lowest BCUT2D eigenvalue weighted by atomic mass is 9.84. The minimum atomic E-state index is -3.90. The molecule has 5 atom stereocenters. The summed E-state index contributed by atoms with van der Waals surface area (Å²) < 4.78 is 42.1. The molecule has 2 fully saturated rings. The van der Waals surface area contributed by atoms with Crippen LogP contribution in [0.2, 0.25) is 0 Å². The minimum absolute atomic E-state index is 0.00946. The number of rotatable bonds is 8. The number of carbonyl (C=O) groups excluding carboxylic acids is 1. The third kappa shape index (κ3) is 5.23. The van der Waals surface area contributed by atoms with Crippen LogP contribution in [0.1, 0.15) is 53.7 Å². The lowest BCUT2D eigenvalue weighted by Crippen LogP contribution is -2.42. The summed E-state index contributed by atoms with van der Waals surface area (Å²) in [5, 5.41) is 0. The van der Waals surface area contributed by atoms with E-state index in [9.17, 15) is 18.9 Å². The van der Waals surface area contributed by atoms with E-state index in [4.69, 9.17) is 23.0 Å². The van der Waals surface area contributed by atoms with E-state index in [1.807, 2.05) is 20.8 Å². The minimum Gasteiger partial charge on any atom is -0.463 e. The maximum absolute atomic E-state index is 13.1. The van der Waals surface area contributed by atoms with Gasteiger partial charge in [0.25, 0.3) is 5.56 Å². The van der Waals surface area contributed by atoms with Crippen LogP contribution in [0.3, 0.4) is 0 Å². The SMILES string of the molecule is CCC(CCO[P@@]1(=O)OC[C@H]2O[C@@H](n3ccc(=O)[nH]c3=O)C(C)(C)[C@@H]2O1)C(=O)OC(C)C. The highest BCUT2D eigenvalue weighted by Crippen LogP contribution is 2.60. The van der Waals surface area contributed by atoms with E-state index in [1.165, 1.54) is 16.8 Å². The van der Waals surface area contributed by atoms with E-state index in [2.05, 4.69) is 4.98 Å².